The second-order valence-corrected chi connectivity index (χ2v) is 6.22. The van der Waals surface area contributed by atoms with E-state index in [4.69, 9.17) is 11.6 Å². The number of nitrogens with zero attached hydrogens (tertiary/aromatic N) is 4. The number of aromatic nitrogens is 4. The van der Waals surface area contributed by atoms with Crippen molar-refractivity contribution in [1.29, 1.82) is 0 Å². The van der Waals surface area contributed by atoms with Crippen LogP contribution < -0.4 is 5.56 Å². The topological polar surface area (TPSA) is 52.2 Å². The van der Waals surface area contributed by atoms with Crippen LogP contribution >= 0.6 is 11.6 Å². The van der Waals surface area contributed by atoms with Gasteiger partial charge in [-0.1, -0.05) is 60.1 Å². The summed E-state index contributed by atoms with van der Waals surface area (Å²) >= 11 is 6.33. The van der Waals surface area contributed by atoms with Gasteiger partial charge < -0.3 is 0 Å². The lowest BCUT2D eigenvalue weighted by molar-refractivity contribution is 0.812. The third kappa shape index (κ3) is 2.83. The van der Waals surface area contributed by atoms with Crippen molar-refractivity contribution in [2.24, 2.45) is 0 Å². The second-order valence-electron chi connectivity index (χ2n) is 5.81. The lowest BCUT2D eigenvalue weighted by Gasteiger charge is -2.09. The van der Waals surface area contributed by atoms with E-state index in [1.165, 1.54) is 10.6 Å². The Bertz CT molecular complexity index is 1120. The summed E-state index contributed by atoms with van der Waals surface area (Å²) in [6, 6.07) is 18.9. The number of fused-ring (bicyclic) bond motifs is 1. The summed E-state index contributed by atoms with van der Waals surface area (Å²) in [5.74, 6) is 1.18. The molecule has 0 saturated carbocycles. The summed E-state index contributed by atoms with van der Waals surface area (Å²) in [6.07, 6.45) is 0. The molecule has 0 bridgehead atoms. The molecule has 0 spiro atoms. The van der Waals surface area contributed by atoms with Gasteiger partial charge in [-0.3, -0.25) is 9.36 Å². The molecule has 0 amide bonds. The Labute approximate surface area is 149 Å². The molecule has 0 aliphatic heterocycles. The molecule has 2 heterocycles. The molecule has 0 fully saturated rings. The summed E-state index contributed by atoms with van der Waals surface area (Å²) in [7, 11) is 0. The summed E-state index contributed by atoms with van der Waals surface area (Å²) in [5, 5.41) is 5.18. The maximum atomic E-state index is 12.3. The average Bonchev–Trinajstić information content (AvgIpc) is 2.97. The van der Waals surface area contributed by atoms with Crippen molar-refractivity contribution >= 4 is 17.4 Å². The van der Waals surface area contributed by atoms with Crippen molar-refractivity contribution < 1.29 is 0 Å². The molecule has 124 valence electrons. The summed E-state index contributed by atoms with van der Waals surface area (Å²) in [6.45, 7) is 2.28. The third-order valence-corrected chi connectivity index (χ3v) is 4.39. The molecule has 0 atom stereocenters. The molecule has 0 aliphatic rings. The van der Waals surface area contributed by atoms with E-state index in [0.29, 0.717) is 28.9 Å². The monoisotopic (exact) mass is 350 g/mol. The fourth-order valence-corrected chi connectivity index (χ4v) is 3.03. The highest BCUT2D eigenvalue weighted by Gasteiger charge is 2.16. The van der Waals surface area contributed by atoms with Crippen LogP contribution in [0.25, 0.3) is 17.2 Å². The molecule has 0 N–H and O–H groups in total. The Balaban J connectivity index is 2.00. The van der Waals surface area contributed by atoms with Crippen molar-refractivity contribution in [3.63, 3.8) is 0 Å². The number of halogens is 1. The Kier molecular flexibility index (Phi) is 3.86. The van der Waals surface area contributed by atoms with Gasteiger partial charge in [0.1, 0.15) is 0 Å². The highest BCUT2D eigenvalue weighted by molar-refractivity contribution is 6.31. The smallest absolute Gasteiger partial charge is 0.275 e. The zero-order chi connectivity index (χ0) is 17.4. The van der Waals surface area contributed by atoms with E-state index < -0.39 is 0 Å². The highest BCUT2D eigenvalue weighted by Crippen LogP contribution is 2.23. The Hall–Kier alpha value is -2.92. The molecule has 2 aromatic heterocycles. The van der Waals surface area contributed by atoms with Gasteiger partial charge in [0.2, 0.25) is 5.78 Å². The maximum Gasteiger partial charge on any atom is 0.275 e. The first-order chi connectivity index (χ1) is 12.1. The first-order valence-corrected chi connectivity index (χ1v) is 8.27. The molecule has 25 heavy (non-hydrogen) atoms. The first kappa shape index (κ1) is 15.6. The van der Waals surface area contributed by atoms with Crippen molar-refractivity contribution in [1.82, 2.24) is 19.2 Å². The minimum atomic E-state index is -0.197. The minimum Gasteiger partial charge on any atom is -0.288 e. The predicted molar refractivity (Wildman–Crippen MR) is 98.0 cm³/mol. The van der Waals surface area contributed by atoms with E-state index in [-0.39, 0.29) is 5.56 Å². The van der Waals surface area contributed by atoms with Crippen LogP contribution in [0.2, 0.25) is 5.02 Å². The molecule has 4 aromatic rings. The van der Waals surface area contributed by atoms with Crippen LogP contribution in [-0.2, 0) is 6.54 Å². The fourth-order valence-electron chi connectivity index (χ4n) is 2.83. The number of benzene rings is 2. The lowest BCUT2D eigenvalue weighted by Crippen LogP contribution is -2.16. The zero-order valence-corrected chi connectivity index (χ0v) is 14.3. The summed E-state index contributed by atoms with van der Waals surface area (Å²) < 4.78 is 3.26. The molecule has 6 heteroatoms. The normalized spacial score (nSPS) is 11.1. The highest BCUT2D eigenvalue weighted by atomic mass is 35.5. The molecule has 0 aliphatic carbocycles. The van der Waals surface area contributed by atoms with Crippen LogP contribution in [0, 0.1) is 6.92 Å². The van der Waals surface area contributed by atoms with Gasteiger partial charge >= 0.3 is 0 Å². The van der Waals surface area contributed by atoms with Gasteiger partial charge in [0.05, 0.1) is 6.54 Å². The lowest BCUT2D eigenvalue weighted by atomic mass is 10.2. The minimum absolute atomic E-state index is 0.197. The van der Waals surface area contributed by atoms with Crippen molar-refractivity contribution in [2.75, 3.05) is 0 Å². The molecule has 2 aromatic carbocycles. The maximum absolute atomic E-state index is 12.3. The Morgan fingerprint density at radius 2 is 1.76 bits per heavy atom. The van der Waals surface area contributed by atoms with Gasteiger partial charge in [-0.2, -0.15) is 4.52 Å². The quantitative estimate of drug-likeness (QED) is 0.567. The van der Waals surface area contributed by atoms with Gasteiger partial charge in [0, 0.05) is 22.3 Å². The average molecular weight is 351 g/mol. The molecular formula is C19H15ClN4O. The van der Waals surface area contributed by atoms with Gasteiger partial charge in [0.15, 0.2) is 5.82 Å². The molecule has 0 unspecified atom stereocenters. The van der Waals surface area contributed by atoms with E-state index in [1.807, 2.05) is 59.2 Å². The summed E-state index contributed by atoms with van der Waals surface area (Å²) in [5.41, 5.74) is 2.32. The Morgan fingerprint density at radius 1 is 1.04 bits per heavy atom. The molecule has 4 rings (SSSR count). The van der Waals surface area contributed by atoms with Crippen molar-refractivity contribution in [3.05, 3.63) is 87.3 Å². The van der Waals surface area contributed by atoms with E-state index in [1.54, 1.807) is 6.92 Å². The van der Waals surface area contributed by atoms with E-state index in [9.17, 15) is 4.79 Å². The van der Waals surface area contributed by atoms with E-state index in [2.05, 4.69) is 10.1 Å². The zero-order valence-electron chi connectivity index (χ0n) is 13.6. The Morgan fingerprint density at radius 3 is 2.52 bits per heavy atom. The van der Waals surface area contributed by atoms with Crippen LogP contribution in [-0.4, -0.2) is 19.2 Å². The molecular weight excluding hydrogens is 336 g/mol. The van der Waals surface area contributed by atoms with E-state index in [0.717, 1.165) is 11.1 Å². The first-order valence-electron chi connectivity index (χ1n) is 7.89. The predicted octanol–water partition coefficient (Wildman–Crippen LogP) is 3.57. The SMILES string of the molecule is Cc1cc(=O)n2nc(-c3ccccc3)n(Cc3ccccc3Cl)c2n1. The number of hydrogen-bond donors (Lipinski definition) is 0. The fraction of sp³-hybridized carbons (Fsp3) is 0.105. The standard InChI is InChI=1S/C19H15ClN4O/c1-13-11-17(25)24-19(21-13)23(12-15-9-5-6-10-16(15)20)18(22-24)14-7-3-2-4-8-14/h2-11H,12H2,1H3. The molecule has 0 saturated heterocycles. The summed E-state index contributed by atoms with van der Waals surface area (Å²) in [4.78, 5) is 16.9. The number of hydrogen-bond acceptors (Lipinski definition) is 3. The van der Waals surface area contributed by atoms with Gasteiger partial charge in [0.25, 0.3) is 5.56 Å². The number of rotatable bonds is 3. The van der Waals surface area contributed by atoms with Crippen LogP contribution in [0.1, 0.15) is 11.3 Å². The number of aryl methyl sites for hydroxylation is 1. The van der Waals surface area contributed by atoms with Crippen LogP contribution in [0.5, 0.6) is 0 Å². The van der Waals surface area contributed by atoms with Crippen LogP contribution in [0.3, 0.4) is 0 Å². The van der Waals surface area contributed by atoms with Crippen molar-refractivity contribution in [2.45, 2.75) is 13.5 Å². The van der Waals surface area contributed by atoms with E-state index >= 15 is 0 Å². The second kappa shape index (κ2) is 6.18. The van der Waals surface area contributed by atoms with Crippen LogP contribution in [0.4, 0.5) is 0 Å². The van der Waals surface area contributed by atoms with Gasteiger partial charge in [-0.05, 0) is 18.6 Å². The van der Waals surface area contributed by atoms with Crippen molar-refractivity contribution in [3.8, 4) is 11.4 Å². The van der Waals surface area contributed by atoms with Gasteiger partial charge in [-0.25, -0.2) is 4.98 Å². The molecule has 0 radical (unpaired) electrons. The molecule has 5 nitrogen and oxygen atoms in total. The van der Waals surface area contributed by atoms with Gasteiger partial charge in [-0.15, -0.1) is 5.10 Å². The third-order valence-electron chi connectivity index (χ3n) is 4.02. The van der Waals surface area contributed by atoms with Crippen LogP contribution in [0.15, 0.2) is 65.5 Å². The largest absolute Gasteiger partial charge is 0.288 e.